The van der Waals surface area contributed by atoms with Crippen LogP contribution in [0.3, 0.4) is 0 Å². The van der Waals surface area contributed by atoms with E-state index in [2.05, 4.69) is 5.32 Å². The Morgan fingerprint density at radius 1 is 1.00 bits per heavy atom. The Labute approximate surface area is 168 Å². The molecule has 0 aliphatic carbocycles. The minimum atomic E-state index is -3.41. The number of fused-ring (bicyclic) bond motifs is 1. The molecule has 0 bridgehead atoms. The zero-order valence-electron chi connectivity index (χ0n) is 16.0. The van der Waals surface area contributed by atoms with Gasteiger partial charge in [0.1, 0.15) is 17.2 Å². The second-order valence-corrected chi connectivity index (χ2v) is 8.88. The van der Waals surface area contributed by atoms with Crippen LogP contribution in [0.1, 0.15) is 15.9 Å². The third kappa shape index (κ3) is 3.77. The summed E-state index contributed by atoms with van der Waals surface area (Å²) in [5, 5.41) is 2.91. The molecule has 0 atom stereocenters. The molecule has 6 nitrogen and oxygen atoms in total. The van der Waals surface area contributed by atoms with Crippen LogP contribution in [0.15, 0.2) is 77.8 Å². The Balaban J connectivity index is 1.81. The summed E-state index contributed by atoms with van der Waals surface area (Å²) in [5.41, 5.74) is 3.54. The molecule has 4 aromatic rings. The lowest BCUT2D eigenvalue weighted by Gasteiger charge is -2.09. The van der Waals surface area contributed by atoms with Gasteiger partial charge < -0.3 is 5.32 Å². The van der Waals surface area contributed by atoms with Crippen molar-refractivity contribution in [3.63, 3.8) is 0 Å². The van der Waals surface area contributed by atoms with Gasteiger partial charge in [-0.2, -0.15) is 0 Å². The summed E-state index contributed by atoms with van der Waals surface area (Å²) in [6.07, 6.45) is 2.97. The van der Waals surface area contributed by atoms with Crippen LogP contribution >= 0.6 is 0 Å². The highest BCUT2D eigenvalue weighted by atomic mass is 32.2. The normalized spacial score (nSPS) is 11.5. The van der Waals surface area contributed by atoms with Crippen molar-refractivity contribution in [3.8, 4) is 11.3 Å². The number of hydrogen-bond donors (Lipinski definition) is 1. The maximum atomic E-state index is 12.9. The molecule has 0 aliphatic rings. The van der Waals surface area contributed by atoms with Gasteiger partial charge in [-0.05, 0) is 42.8 Å². The average Bonchev–Trinajstić information content (AvgIpc) is 3.05. The highest BCUT2D eigenvalue weighted by Crippen LogP contribution is 2.29. The first-order valence-corrected chi connectivity index (χ1v) is 10.9. The van der Waals surface area contributed by atoms with E-state index in [1.165, 1.54) is 12.1 Å². The number of nitrogens with one attached hydrogen (secondary N) is 1. The van der Waals surface area contributed by atoms with E-state index in [0.29, 0.717) is 17.2 Å². The molecule has 0 fully saturated rings. The number of rotatable bonds is 4. The van der Waals surface area contributed by atoms with Crippen molar-refractivity contribution < 1.29 is 13.2 Å². The Kier molecular flexibility index (Phi) is 4.68. The lowest BCUT2D eigenvalue weighted by atomic mass is 10.1. The number of sulfone groups is 1. The van der Waals surface area contributed by atoms with Crippen molar-refractivity contribution in [3.05, 3.63) is 84.1 Å². The van der Waals surface area contributed by atoms with E-state index in [0.717, 1.165) is 17.4 Å². The van der Waals surface area contributed by atoms with Gasteiger partial charge in [0.25, 0.3) is 5.91 Å². The van der Waals surface area contributed by atoms with Crippen molar-refractivity contribution in [2.75, 3.05) is 11.6 Å². The molecule has 29 heavy (non-hydrogen) atoms. The topological polar surface area (TPSA) is 80.5 Å². The fourth-order valence-corrected chi connectivity index (χ4v) is 3.78. The minimum Gasteiger partial charge on any atom is -0.306 e. The van der Waals surface area contributed by atoms with Crippen molar-refractivity contribution >= 4 is 27.2 Å². The number of imidazole rings is 1. The molecule has 0 spiro atoms. The molecule has 0 aliphatic heterocycles. The molecule has 146 valence electrons. The number of amides is 1. The van der Waals surface area contributed by atoms with E-state index in [9.17, 15) is 13.2 Å². The molecule has 2 aromatic carbocycles. The van der Waals surface area contributed by atoms with Crippen molar-refractivity contribution in [1.29, 1.82) is 0 Å². The summed E-state index contributed by atoms with van der Waals surface area (Å²) in [7, 11) is -3.41. The van der Waals surface area contributed by atoms with Gasteiger partial charge in [0.2, 0.25) is 0 Å². The van der Waals surface area contributed by atoms with Crippen LogP contribution in [0, 0.1) is 6.92 Å². The first kappa shape index (κ1) is 18.9. The summed E-state index contributed by atoms with van der Waals surface area (Å²) in [6.45, 7) is 1.98. The van der Waals surface area contributed by atoms with Crippen LogP contribution in [-0.2, 0) is 9.84 Å². The molecule has 1 amide bonds. The molecular formula is C22H19N3O3S. The number of benzene rings is 2. The molecule has 0 unspecified atom stereocenters. The molecule has 2 heterocycles. The Hall–Kier alpha value is -3.45. The van der Waals surface area contributed by atoms with Gasteiger partial charge in [0.15, 0.2) is 9.84 Å². The number of aryl methyl sites for hydroxylation is 1. The van der Waals surface area contributed by atoms with Gasteiger partial charge in [-0.1, -0.05) is 36.4 Å². The van der Waals surface area contributed by atoms with Gasteiger partial charge in [0.05, 0.1) is 4.90 Å². The van der Waals surface area contributed by atoms with E-state index < -0.39 is 15.7 Å². The number of carbonyl (C=O) groups excluding carboxylic acids is 1. The fraction of sp³-hybridized carbons (Fsp3) is 0.0909. The standard InChI is InChI=1S/C22H19N3O3S/c1-15-11-12-25-19(13-15)23-20(16-7-4-3-5-8-16)21(25)24-22(26)17-9-6-10-18(14-17)29(2,27)28/h3-14H,1-2H3,(H,24,26). The van der Waals surface area contributed by atoms with Crippen LogP contribution in [0.5, 0.6) is 0 Å². The average molecular weight is 405 g/mol. The molecule has 0 saturated heterocycles. The molecule has 0 saturated carbocycles. The summed E-state index contributed by atoms with van der Waals surface area (Å²) in [6, 6.07) is 19.4. The summed E-state index contributed by atoms with van der Waals surface area (Å²) < 4.78 is 25.5. The van der Waals surface area contributed by atoms with Crippen LogP contribution in [0.25, 0.3) is 16.9 Å². The van der Waals surface area contributed by atoms with Crippen LogP contribution in [0.4, 0.5) is 5.82 Å². The van der Waals surface area contributed by atoms with Crippen LogP contribution in [0.2, 0.25) is 0 Å². The highest BCUT2D eigenvalue weighted by Gasteiger charge is 2.18. The lowest BCUT2D eigenvalue weighted by Crippen LogP contribution is -2.14. The Morgan fingerprint density at radius 3 is 2.48 bits per heavy atom. The van der Waals surface area contributed by atoms with Crippen molar-refractivity contribution in [2.24, 2.45) is 0 Å². The first-order chi connectivity index (χ1) is 13.8. The molecule has 7 heteroatoms. The van der Waals surface area contributed by atoms with Crippen molar-refractivity contribution in [1.82, 2.24) is 9.38 Å². The second kappa shape index (κ2) is 7.18. The summed E-state index contributed by atoms with van der Waals surface area (Å²) >= 11 is 0. The largest absolute Gasteiger partial charge is 0.306 e. The number of hydrogen-bond acceptors (Lipinski definition) is 4. The van der Waals surface area contributed by atoms with E-state index in [1.54, 1.807) is 12.1 Å². The van der Waals surface area contributed by atoms with Gasteiger partial charge in [-0.25, -0.2) is 13.4 Å². The van der Waals surface area contributed by atoms with Gasteiger partial charge in [-0.15, -0.1) is 0 Å². The van der Waals surface area contributed by atoms with E-state index in [4.69, 9.17) is 4.98 Å². The van der Waals surface area contributed by atoms with E-state index in [-0.39, 0.29) is 10.5 Å². The van der Waals surface area contributed by atoms with Gasteiger partial charge in [-0.3, -0.25) is 9.20 Å². The van der Waals surface area contributed by atoms with Gasteiger partial charge in [0, 0.05) is 23.6 Å². The smallest absolute Gasteiger partial charge is 0.256 e. The van der Waals surface area contributed by atoms with Crippen LogP contribution in [-0.4, -0.2) is 30.0 Å². The predicted octanol–water partition coefficient (Wildman–Crippen LogP) is 3.97. The minimum absolute atomic E-state index is 0.0993. The Morgan fingerprint density at radius 2 is 1.76 bits per heavy atom. The third-order valence-electron chi connectivity index (χ3n) is 4.59. The van der Waals surface area contributed by atoms with E-state index >= 15 is 0 Å². The molecule has 4 rings (SSSR count). The quantitative estimate of drug-likeness (QED) is 0.557. The number of nitrogens with zero attached hydrogens (tertiary/aromatic N) is 2. The monoisotopic (exact) mass is 405 g/mol. The number of anilines is 1. The van der Waals surface area contributed by atoms with Crippen LogP contribution < -0.4 is 5.32 Å². The first-order valence-electron chi connectivity index (χ1n) is 8.98. The highest BCUT2D eigenvalue weighted by molar-refractivity contribution is 7.90. The lowest BCUT2D eigenvalue weighted by molar-refractivity contribution is 0.102. The fourth-order valence-electron chi connectivity index (χ4n) is 3.11. The number of aromatic nitrogens is 2. The number of carbonyl (C=O) groups is 1. The van der Waals surface area contributed by atoms with Crippen molar-refractivity contribution in [2.45, 2.75) is 11.8 Å². The number of pyridine rings is 1. The predicted molar refractivity (Wildman–Crippen MR) is 113 cm³/mol. The molecule has 2 aromatic heterocycles. The zero-order chi connectivity index (χ0) is 20.6. The zero-order valence-corrected chi connectivity index (χ0v) is 16.8. The maximum Gasteiger partial charge on any atom is 0.256 e. The summed E-state index contributed by atoms with van der Waals surface area (Å²) in [4.78, 5) is 17.7. The van der Waals surface area contributed by atoms with Gasteiger partial charge >= 0.3 is 0 Å². The Bertz CT molecular complexity index is 1330. The maximum absolute atomic E-state index is 12.9. The second-order valence-electron chi connectivity index (χ2n) is 6.86. The molecule has 0 radical (unpaired) electrons. The molecular weight excluding hydrogens is 386 g/mol. The SMILES string of the molecule is Cc1ccn2c(NC(=O)c3cccc(S(C)(=O)=O)c3)c(-c3ccccc3)nc2c1. The molecule has 1 N–H and O–H groups in total. The van der Waals surface area contributed by atoms with E-state index in [1.807, 2.05) is 60.0 Å². The summed E-state index contributed by atoms with van der Waals surface area (Å²) in [5.74, 6) is 0.121. The third-order valence-corrected chi connectivity index (χ3v) is 5.70.